The number of benzene rings is 2. The molecule has 0 heterocycles. The van der Waals surface area contributed by atoms with Gasteiger partial charge in [0.05, 0.1) is 12.1 Å². The van der Waals surface area contributed by atoms with Crippen LogP contribution >= 0.6 is 11.6 Å². The van der Waals surface area contributed by atoms with Gasteiger partial charge in [-0.25, -0.2) is 0 Å². The molecule has 0 aromatic heterocycles. The van der Waals surface area contributed by atoms with Gasteiger partial charge in [0.2, 0.25) is 0 Å². The van der Waals surface area contributed by atoms with E-state index in [2.05, 4.69) is 0 Å². The van der Waals surface area contributed by atoms with E-state index in [4.69, 9.17) is 16.3 Å². The normalized spacial score (nSPS) is 10.6. The fourth-order valence-corrected chi connectivity index (χ4v) is 1.86. The van der Waals surface area contributed by atoms with Crippen LogP contribution in [0.3, 0.4) is 0 Å². The molecule has 0 aliphatic heterocycles. The second kappa shape index (κ2) is 6.21. The molecule has 0 spiro atoms. The number of hydrogen-bond acceptors (Lipinski definition) is 2. The SMILES string of the molecule is COc1ccc(Cl)c(C(=O)/C=C/c2ccccc2)c1. The Bertz CT molecular complexity index is 603. The third-order valence-electron chi connectivity index (χ3n) is 2.67. The van der Waals surface area contributed by atoms with Crippen molar-refractivity contribution in [3.63, 3.8) is 0 Å². The van der Waals surface area contributed by atoms with Crippen molar-refractivity contribution >= 4 is 23.5 Å². The molecule has 0 saturated heterocycles. The minimum atomic E-state index is -0.146. The topological polar surface area (TPSA) is 26.3 Å². The minimum absolute atomic E-state index is 0.146. The summed E-state index contributed by atoms with van der Waals surface area (Å²) in [7, 11) is 1.55. The molecule has 96 valence electrons. The van der Waals surface area contributed by atoms with Crippen LogP contribution in [-0.2, 0) is 0 Å². The number of allylic oxidation sites excluding steroid dienone is 1. The van der Waals surface area contributed by atoms with Gasteiger partial charge >= 0.3 is 0 Å². The molecule has 2 rings (SSSR count). The molecule has 2 nitrogen and oxygen atoms in total. The highest BCUT2D eigenvalue weighted by Crippen LogP contribution is 2.22. The predicted octanol–water partition coefficient (Wildman–Crippen LogP) is 4.24. The van der Waals surface area contributed by atoms with Crippen LogP contribution in [0, 0.1) is 0 Å². The quantitative estimate of drug-likeness (QED) is 0.614. The molecule has 0 atom stereocenters. The Hall–Kier alpha value is -2.06. The highest BCUT2D eigenvalue weighted by molar-refractivity contribution is 6.34. The maximum atomic E-state index is 12.1. The van der Waals surface area contributed by atoms with Gasteiger partial charge in [-0.05, 0) is 29.8 Å². The van der Waals surface area contributed by atoms with Gasteiger partial charge in [-0.2, -0.15) is 0 Å². The number of ether oxygens (including phenoxy) is 1. The van der Waals surface area contributed by atoms with Crippen molar-refractivity contribution in [1.29, 1.82) is 0 Å². The third-order valence-corrected chi connectivity index (χ3v) is 3.00. The zero-order chi connectivity index (χ0) is 13.7. The third kappa shape index (κ3) is 3.46. The van der Waals surface area contributed by atoms with Crippen LogP contribution in [0.15, 0.2) is 54.6 Å². The lowest BCUT2D eigenvalue weighted by molar-refractivity contribution is 0.104. The molecule has 0 aliphatic rings. The van der Waals surface area contributed by atoms with E-state index < -0.39 is 0 Å². The van der Waals surface area contributed by atoms with E-state index >= 15 is 0 Å². The first-order valence-corrected chi connectivity index (χ1v) is 6.19. The van der Waals surface area contributed by atoms with E-state index in [1.807, 2.05) is 30.3 Å². The monoisotopic (exact) mass is 272 g/mol. The molecule has 0 unspecified atom stereocenters. The largest absolute Gasteiger partial charge is 0.497 e. The number of hydrogen-bond donors (Lipinski definition) is 0. The van der Waals surface area contributed by atoms with E-state index in [0.29, 0.717) is 16.3 Å². The summed E-state index contributed by atoms with van der Waals surface area (Å²) in [4.78, 5) is 12.1. The van der Waals surface area contributed by atoms with Gasteiger partial charge in [0.15, 0.2) is 5.78 Å². The Balaban J connectivity index is 2.23. The fourth-order valence-electron chi connectivity index (χ4n) is 1.65. The Morgan fingerprint density at radius 3 is 2.58 bits per heavy atom. The van der Waals surface area contributed by atoms with Gasteiger partial charge in [-0.1, -0.05) is 48.0 Å². The first-order valence-electron chi connectivity index (χ1n) is 5.81. The summed E-state index contributed by atoms with van der Waals surface area (Å²) in [5.74, 6) is 0.466. The average molecular weight is 273 g/mol. The van der Waals surface area contributed by atoms with Crippen molar-refractivity contribution < 1.29 is 9.53 Å². The number of methoxy groups -OCH3 is 1. The number of rotatable bonds is 4. The van der Waals surface area contributed by atoms with Crippen LogP contribution in [0.4, 0.5) is 0 Å². The van der Waals surface area contributed by atoms with Gasteiger partial charge < -0.3 is 4.74 Å². The number of carbonyl (C=O) groups is 1. The Kier molecular flexibility index (Phi) is 4.37. The lowest BCUT2D eigenvalue weighted by Crippen LogP contribution is -1.96. The van der Waals surface area contributed by atoms with Crippen molar-refractivity contribution in [2.24, 2.45) is 0 Å². The molecule has 0 N–H and O–H groups in total. The zero-order valence-electron chi connectivity index (χ0n) is 10.5. The van der Waals surface area contributed by atoms with E-state index in [9.17, 15) is 4.79 Å². The second-order valence-corrected chi connectivity index (χ2v) is 4.36. The Morgan fingerprint density at radius 1 is 1.16 bits per heavy atom. The van der Waals surface area contributed by atoms with Crippen LogP contribution in [0.5, 0.6) is 5.75 Å². The van der Waals surface area contributed by atoms with E-state index in [1.54, 1.807) is 31.4 Å². The molecule has 0 saturated carbocycles. The van der Waals surface area contributed by atoms with E-state index in [-0.39, 0.29) is 5.78 Å². The van der Waals surface area contributed by atoms with E-state index in [1.165, 1.54) is 6.08 Å². The minimum Gasteiger partial charge on any atom is -0.497 e. The van der Waals surface area contributed by atoms with Crippen LogP contribution < -0.4 is 4.74 Å². The lowest BCUT2D eigenvalue weighted by Gasteiger charge is -2.03. The molecule has 19 heavy (non-hydrogen) atoms. The summed E-state index contributed by atoms with van der Waals surface area (Å²) in [5, 5.41) is 0.420. The summed E-state index contributed by atoms with van der Waals surface area (Å²) in [6, 6.07) is 14.6. The highest BCUT2D eigenvalue weighted by Gasteiger charge is 2.08. The number of halogens is 1. The summed E-state index contributed by atoms with van der Waals surface area (Å²) in [6.07, 6.45) is 3.27. The van der Waals surface area contributed by atoms with Crippen LogP contribution in [-0.4, -0.2) is 12.9 Å². The first-order chi connectivity index (χ1) is 9.20. The molecular formula is C16H13ClO2. The van der Waals surface area contributed by atoms with Gasteiger partial charge in [0.25, 0.3) is 0 Å². The summed E-state index contributed by atoms with van der Waals surface area (Å²) in [6.45, 7) is 0. The van der Waals surface area contributed by atoms with Crippen LogP contribution in [0.2, 0.25) is 5.02 Å². The molecule has 0 radical (unpaired) electrons. The fraction of sp³-hybridized carbons (Fsp3) is 0.0625. The zero-order valence-corrected chi connectivity index (χ0v) is 11.2. The van der Waals surface area contributed by atoms with Gasteiger partial charge in [-0.3, -0.25) is 4.79 Å². The molecule has 2 aromatic carbocycles. The summed E-state index contributed by atoms with van der Waals surface area (Å²) < 4.78 is 5.09. The molecule has 3 heteroatoms. The molecule has 0 aliphatic carbocycles. The smallest absolute Gasteiger partial charge is 0.187 e. The van der Waals surface area contributed by atoms with Crippen molar-refractivity contribution in [2.75, 3.05) is 7.11 Å². The summed E-state index contributed by atoms with van der Waals surface area (Å²) >= 11 is 6.02. The van der Waals surface area contributed by atoms with Crippen molar-refractivity contribution in [1.82, 2.24) is 0 Å². The number of carbonyl (C=O) groups excluding carboxylic acids is 1. The molecule has 0 fully saturated rings. The molecule has 2 aromatic rings. The molecule has 0 amide bonds. The predicted molar refractivity (Wildman–Crippen MR) is 77.8 cm³/mol. The maximum absolute atomic E-state index is 12.1. The Morgan fingerprint density at radius 2 is 1.89 bits per heavy atom. The van der Waals surface area contributed by atoms with Crippen molar-refractivity contribution in [3.05, 3.63) is 70.8 Å². The highest BCUT2D eigenvalue weighted by atomic mass is 35.5. The Labute approximate surface area is 117 Å². The lowest BCUT2D eigenvalue weighted by atomic mass is 10.1. The van der Waals surface area contributed by atoms with E-state index in [0.717, 1.165) is 5.56 Å². The number of ketones is 1. The maximum Gasteiger partial charge on any atom is 0.187 e. The first kappa shape index (κ1) is 13.4. The van der Waals surface area contributed by atoms with Crippen molar-refractivity contribution in [3.8, 4) is 5.75 Å². The molecule has 0 bridgehead atoms. The van der Waals surface area contributed by atoms with Gasteiger partial charge in [0, 0.05) is 5.56 Å². The van der Waals surface area contributed by atoms with Gasteiger partial charge in [-0.15, -0.1) is 0 Å². The second-order valence-electron chi connectivity index (χ2n) is 3.95. The van der Waals surface area contributed by atoms with Gasteiger partial charge in [0.1, 0.15) is 5.75 Å². The standard InChI is InChI=1S/C16H13ClO2/c1-19-13-8-9-15(17)14(11-13)16(18)10-7-12-5-3-2-4-6-12/h2-11H,1H3/b10-7+. The summed E-state index contributed by atoms with van der Waals surface area (Å²) in [5.41, 5.74) is 1.41. The van der Waals surface area contributed by atoms with Crippen LogP contribution in [0.1, 0.15) is 15.9 Å². The van der Waals surface area contributed by atoms with Crippen LogP contribution in [0.25, 0.3) is 6.08 Å². The van der Waals surface area contributed by atoms with Crippen molar-refractivity contribution in [2.45, 2.75) is 0 Å². The average Bonchev–Trinajstić information content (AvgIpc) is 2.46. The molecular weight excluding hydrogens is 260 g/mol.